The molecule has 0 heterocycles. The van der Waals surface area contributed by atoms with Gasteiger partial charge in [-0.05, 0) is 20.3 Å². The van der Waals surface area contributed by atoms with Crippen molar-refractivity contribution in [2.75, 3.05) is 6.61 Å². The van der Waals surface area contributed by atoms with Crippen LogP contribution in [0.3, 0.4) is 0 Å². The van der Waals surface area contributed by atoms with E-state index in [0.717, 1.165) is 19.8 Å². The van der Waals surface area contributed by atoms with Gasteiger partial charge in [0.15, 0.2) is 0 Å². The molecule has 0 saturated heterocycles. The molecule has 0 spiro atoms. The Balaban J connectivity index is -0.000000214. The fourth-order valence-electron chi connectivity index (χ4n) is 0.692. The Hall–Kier alpha value is -1.59. The van der Waals surface area contributed by atoms with Crippen LogP contribution in [0, 0.1) is 0 Å². The lowest BCUT2D eigenvalue weighted by Crippen LogP contribution is -2.06. The van der Waals surface area contributed by atoms with Gasteiger partial charge in [0.1, 0.15) is 0 Å². The summed E-state index contributed by atoms with van der Waals surface area (Å²) in [4.78, 5) is 29.1. The van der Waals surface area contributed by atoms with E-state index in [1.807, 2.05) is 13.8 Å². The van der Waals surface area contributed by atoms with E-state index in [1.54, 1.807) is 0 Å². The molecule has 0 aliphatic heterocycles. The van der Waals surface area contributed by atoms with E-state index in [4.69, 9.17) is 9.90 Å². The molecule has 0 fully saturated rings. The monoisotopic (exact) mass is 278 g/mol. The van der Waals surface area contributed by atoms with E-state index in [2.05, 4.69) is 16.4 Å². The maximum Gasteiger partial charge on any atom is 0.302 e. The third kappa shape index (κ3) is 62.1. The number of ether oxygens (including phenoxy) is 2. The first-order valence-electron chi connectivity index (χ1n) is 6.13. The second-order valence-corrected chi connectivity index (χ2v) is 3.87. The van der Waals surface area contributed by atoms with Gasteiger partial charge in [0, 0.05) is 20.8 Å². The Morgan fingerprint density at radius 1 is 1.05 bits per heavy atom. The lowest BCUT2D eigenvalue weighted by molar-refractivity contribution is -0.144. The van der Waals surface area contributed by atoms with Crippen LogP contribution >= 0.6 is 0 Å². The summed E-state index contributed by atoms with van der Waals surface area (Å²) in [5.41, 5.74) is 0. The Morgan fingerprint density at radius 2 is 1.47 bits per heavy atom. The number of unbranched alkanes of at least 4 members (excludes halogenated alkanes) is 1. The van der Waals surface area contributed by atoms with E-state index >= 15 is 0 Å². The summed E-state index contributed by atoms with van der Waals surface area (Å²) in [6.07, 6.45) is 2.07. The number of hydrogen-bond donors (Lipinski definition) is 1. The topological polar surface area (TPSA) is 89.9 Å². The van der Waals surface area contributed by atoms with Crippen LogP contribution in [-0.2, 0) is 23.9 Å². The first-order valence-corrected chi connectivity index (χ1v) is 6.13. The van der Waals surface area contributed by atoms with Crippen LogP contribution in [0.4, 0.5) is 0 Å². The molecule has 0 radical (unpaired) electrons. The summed E-state index contributed by atoms with van der Waals surface area (Å²) in [6, 6.07) is 0. The minimum Gasteiger partial charge on any atom is -0.481 e. The summed E-state index contributed by atoms with van der Waals surface area (Å²) in [5.74, 6) is -1.23. The first-order chi connectivity index (χ1) is 8.63. The number of rotatable bonds is 4. The van der Waals surface area contributed by atoms with Gasteiger partial charge in [0.25, 0.3) is 5.97 Å². The van der Waals surface area contributed by atoms with E-state index in [1.165, 1.54) is 13.8 Å². The van der Waals surface area contributed by atoms with Crippen molar-refractivity contribution in [3.63, 3.8) is 0 Å². The quantitative estimate of drug-likeness (QED) is 0.627. The minimum atomic E-state index is -0.833. The largest absolute Gasteiger partial charge is 0.481 e. The molecule has 0 aliphatic carbocycles. The molecule has 6 heteroatoms. The lowest BCUT2D eigenvalue weighted by atomic mass is 10.4. The second-order valence-electron chi connectivity index (χ2n) is 3.87. The van der Waals surface area contributed by atoms with Gasteiger partial charge in [-0.3, -0.25) is 14.4 Å². The highest BCUT2D eigenvalue weighted by molar-refractivity contribution is 5.66. The number of carboxylic acids is 1. The predicted molar refractivity (Wildman–Crippen MR) is 71.8 cm³/mol. The SMILES string of the molecule is CC(=O)O.CC(=O)OC(C)C.CCCCOC(C)=O. The molecule has 0 aliphatic rings. The second kappa shape index (κ2) is 16.4. The molecule has 0 bridgehead atoms. The Labute approximate surface area is 115 Å². The average molecular weight is 278 g/mol. The predicted octanol–water partition coefficient (Wildman–Crippen LogP) is 2.40. The highest BCUT2D eigenvalue weighted by Gasteiger charge is 1.93. The van der Waals surface area contributed by atoms with Crippen molar-refractivity contribution in [2.24, 2.45) is 0 Å². The molecule has 0 amide bonds. The summed E-state index contributed by atoms with van der Waals surface area (Å²) < 4.78 is 9.25. The molecular weight excluding hydrogens is 252 g/mol. The van der Waals surface area contributed by atoms with Crippen LogP contribution in [0.5, 0.6) is 0 Å². The van der Waals surface area contributed by atoms with Gasteiger partial charge in [-0.15, -0.1) is 0 Å². The zero-order valence-electron chi connectivity index (χ0n) is 12.7. The van der Waals surface area contributed by atoms with Crippen LogP contribution in [0.1, 0.15) is 54.4 Å². The van der Waals surface area contributed by atoms with Gasteiger partial charge >= 0.3 is 11.9 Å². The summed E-state index contributed by atoms with van der Waals surface area (Å²) in [7, 11) is 0. The van der Waals surface area contributed by atoms with Gasteiger partial charge in [-0.1, -0.05) is 13.3 Å². The summed E-state index contributed by atoms with van der Waals surface area (Å²) in [6.45, 7) is 10.2. The molecule has 0 saturated carbocycles. The lowest BCUT2D eigenvalue weighted by Gasteiger charge is -2.01. The minimum absolute atomic E-state index is 0.0255. The molecule has 0 aromatic rings. The maximum absolute atomic E-state index is 10.1. The molecule has 19 heavy (non-hydrogen) atoms. The number of carbonyl (C=O) groups is 3. The maximum atomic E-state index is 10.1. The van der Waals surface area contributed by atoms with Gasteiger partial charge in [0.2, 0.25) is 0 Å². The van der Waals surface area contributed by atoms with Crippen molar-refractivity contribution in [1.29, 1.82) is 0 Å². The Kier molecular flexibility index (Phi) is 19.5. The van der Waals surface area contributed by atoms with Crippen LogP contribution in [-0.4, -0.2) is 35.7 Å². The van der Waals surface area contributed by atoms with Crippen LogP contribution in [0.2, 0.25) is 0 Å². The first kappa shape index (κ1) is 22.6. The van der Waals surface area contributed by atoms with Crippen LogP contribution in [0.15, 0.2) is 0 Å². The third-order valence-electron chi connectivity index (χ3n) is 1.20. The van der Waals surface area contributed by atoms with Crippen molar-refractivity contribution in [2.45, 2.75) is 60.5 Å². The van der Waals surface area contributed by atoms with Crippen molar-refractivity contribution in [1.82, 2.24) is 0 Å². The molecule has 0 unspecified atom stereocenters. The third-order valence-corrected chi connectivity index (χ3v) is 1.20. The van der Waals surface area contributed by atoms with Crippen LogP contribution < -0.4 is 0 Å². The highest BCUT2D eigenvalue weighted by atomic mass is 16.5. The van der Waals surface area contributed by atoms with E-state index in [-0.39, 0.29) is 18.0 Å². The smallest absolute Gasteiger partial charge is 0.302 e. The van der Waals surface area contributed by atoms with E-state index < -0.39 is 5.97 Å². The van der Waals surface area contributed by atoms with Crippen molar-refractivity contribution >= 4 is 17.9 Å². The molecule has 6 nitrogen and oxygen atoms in total. The standard InChI is InChI=1S/C6H12O2.C5H10O2.C2H4O2/c1-3-4-5-8-6(2)7;1-4(2)7-5(3)6;1-2(3)4/h3-5H2,1-2H3;4H,1-3H3;1H3,(H,3,4). The highest BCUT2D eigenvalue weighted by Crippen LogP contribution is 1.87. The normalized spacial score (nSPS) is 8.37. The van der Waals surface area contributed by atoms with E-state index in [9.17, 15) is 9.59 Å². The molecule has 0 aromatic heterocycles. The summed E-state index contributed by atoms with van der Waals surface area (Å²) >= 11 is 0. The number of aliphatic carboxylic acids is 1. The fourth-order valence-corrected chi connectivity index (χ4v) is 0.692. The zero-order chi connectivity index (χ0) is 15.8. The Morgan fingerprint density at radius 3 is 1.63 bits per heavy atom. The number of carboxylic acid groups (broad SMARTS) is 1. The molecule has 0 aromatic carbocycles. The van der Waals surface area contributed by atoms with Gasteiger partial charge in [0.05, 0.1) is 12.7 Å². The van der Waals surface area contributed by atoms with Gasteiger partial charge < -0.3 is 14.6 Å². The number of carbonyl (C=O) groups excluding carboxylic acids is 2. The fraction of sp³-hybridized carbons (Fsp3) is 0.769. The molecule has 1 N–H and O–H groups in total. The average Bonchev–Trinajstić information content (AvgIpc) is 2.14. The van der Waals surface area contributed by atoms with Crippen molar-refractivity contribution in [3.8, 4) is 0 Å². The molecule has 114 valence electrons. The zero-order valence-corrected chi connectivity index (χ0v) is 12.7. The molecule has 0 rings (SSSR count). The summed E-state index contributed by atoms with van der Waals surface area (Å²) in [5, 5.41) is 7.42. The molecular formula is C13H26O6. The van der Waals surface area contributed by atoms with Crippen molar-refractivity contribution < 1.29 is 29.0 Å². The van der Waals surface area contributed by atoms with Gasteiger partial charge in [-0.2, -0.15) is 0 Å². The number of hydrogen-bond acceptors (Lipinski definition) is 5. The molecule has 0 atom stereocenters. The van der Waals surface area contributed by atoms with Gasteiger partial charge in [-0.25, -0.2) is 0 Å². The Bertz CT molecular complexity index is 244. The number of esters is 2. The van der Waals surface area contributed by atoms with E-state index in [0.29, 0.717) is 6.61 Å². The van der Waals surface area contributed by atoms with Crippen LogP contribution in [0.25, 0.3) is 0 Å². The van der Waals surface area contributed by atoms with Crippen molar-refractivity contribution in [3.05, 3.63) is 0 Å².